The number of nitrogens with one attached hydrogen (secondary N) is 1. The fourth-order valence-electron chi connectivity index (χ4n) is 3.64. The zero-order valence-corrected chi connectivity index (χ0v) is 13.5. The molecule has 1 aromatic rings. The standard InChI is InChI=1S/C18H23NO4/c1-3-11(2)15(17(21)22)19-16(20)13-10-18(13)8-9-23-14-7-5-4-6-12(14)18/h4-7,11,13,15H,3,8-10H2,1-2H3,(H,19,20)(H,21,22)/t11-,13?,15-,18?/m0/s1. The monoisotopic (exact) mass is 317 g/mol. The molecule has 0 bridgehead atoms. The van der Waals surface area contributed by atoms with Crippen molar-refractivity contribution < 1.29 is 19.4 Å². The molecule has 23 heavy (non-hydrogen) atoms. The molecule has 5 heteroatoms. The molecule has 2 unspecified atom stereocenters. The van der Waals surface area contributed by atoms with Crippen molar-refractivity contribution in [2.45, 2.75) is 44.6 Å². The summed E-state index contributed by atoms with van der Waals surface area (Å²) in [6.45, 7) is 4.39. The summed E-state index contributed by atoms with van der Waals surface area (Å²) >= 11 is 0. The maximum atomic E-state index is 12.6. The predicted octanol–water partition coefficient (Wildman–Crippen LogP) is 2.34. The number of para-hydroxylation sites is 1. The van der Waals surface area contributed by atoms with E-state index in [9.17, 15) is 14.7 Å². The molecule has 0 aromatic heterocycles. The molecule has 0 saturated heterocycles. The summed E-state index contributed by atoms with van der Waals surface area (Å²) in [5.41, 5.74) is 0.916. The van der Waals surface area contributed by atoms with Gasteiger partial charge in [0.2, 0.25) is 5.91 Å². The molecule has 1 aliphatic carbocycles. The molecular formula is C18H23NO4. The van der Waals surface area contributed by atoms with Gasteiger partial charge in [0.1, 0.15) is 11.8 Å². The molecule has 1 aromatic carbocycles. The van der Waals surface area contributed by atoms with E-state index in [1.165, 1.54) is 0 Å². The van der Waals surface area contributed by atoms with Gasteiger partial charge < -0.3 is 15.2 Å². The Morgan fingerprint density at radius 1 is 1.43 bits per heavy atom. The SMILES string of the molecule is CC[C@H](C)[C@H](NC(=O)C1CC12CCOc1ccccc12)C(=O)O. The molecule has 124 valence electrons. The van der Waals surface area contributed by atoms with E-state index in [-0.39, 0.29) is 23.2 Å². The highest BCUT2D eigenvalue weighted by Crippen LogP contribution is 2.60. The van der Waals surface area contributed by atoms with Gasteiger partial charge in [0.25, 0.3) is 0 Å². The van der Waals surface area contributed by atoms with Crippen LogP contribution in [0, 0.1) is 11.8 Å². The number of amides is 1. The van der Waals surface area contributed by atoms with Gasteiger partial charge in [0.05, 0.1) is 6.61 Å². The van der Waals surface area contributed by atoms with E-state index >= 15 is 0 Å². The molecule has 1 aliphatic heterocycles. The van der Waals surface area contributed by atoms with Crippen LogP contribution in [0.4, 0.5) is 0 Å². The van der Waals surface area contributed by atoms with Crippen molar-refractivity contribution in [1.29, 1.82) is 0 Å². The number of carboxylic acids is 1. The Hall–Kier alpha value is -2.04. The second-order valence-corrected chi connectivity index (χ2v) is 6.72. The Morgan fingerprint density at radius 3 is 2.87 bits per heavy atom. The van der Waals surface area contributed by atoms with Crippen molar-refractivity contribution in [3.8, 4) is 5.75 Å². The third-order valence-electron chi connectivity index (χ3n) is 5.40. The van der Waals surface area contributed by atoms with Crippen molar-refractivity contribution in [2.75, 3.05) is 6.61 Å². The Balaban J connectivity index is 1.76. The van der Waals surface area contributed by atoms with Gasteiger partial charge in [0.15, 0.2) is 0 Å². The average molecular weight is 317 g/mol. The van der Waals surface area contributed by atoms with Gasteiger partial charge >= 0.3 is 5.97 Å². The summed E-state index contributed by atoms with van der Waals surface area (Å²) in [5.74, 6) is -0.499. The molecule has 1 amide bonds. The number of rotatable bonds is 5. The van der Waals surface area contributed by atoms with Crippen molar-refractivity contribution in [3.05, 3.63) is 29.8 Å². The summed E-state index contributed by atoms with van der Waals surface area (Å²) in [6.07, 6.45) is 2.29. The molecule has 1 spiro atoms. The van der Waals surface area contributed by atoms with E-state index in [0.29, 0.717) is 13.0 Å². The molecule has 2 aliphatic rings. The number of benzene rings is 1. The van der Waals surface area contributed by atoms with Crippen molar-refractivity contribution in [1.82, 2.24) is 5.32 Å². The van der Waals surface area contributed by atoms with Gasteiger partial charge in [-0.25, -0.2) is 4.79 Å². The number of hydrogen-bond donors (Lipinski definition) is 2. The molecule has 5 nitrogen and oxygen atoms in total. The highest BCUT2D eigenvalue weighted by molar-refractivity contribution is 5.89. The topological polar surface area (TPSA) is 75.6 Å². The van der Waals surface area contributed by atoms with Crippen LogP contribution in [0.5, 0.6) is 5.75 Å². The third-order valence-corrected chi connectivity index (χ3v) is 5.40. The first kappa shape index (κ1) is 15.8. The lowest BCUT2D eigenvalue weighted by molar-refractivity contribution is -0.143. The normalized spacial score (nSPS) is 27.5. The maximum absolute atomic E-state index is 12.6. The molecule has 0 radical (unpaired) electrons. The molecule has 1 fully saturated rings. The fraction of sp³-hybridized carbons (Fsp3) is 0.556. The highest BCUT2D eigenvalue weighted by atomic mass is 16.5. The summed E-state index contributed by atoms with van der Waals surface area (Å²) in [5, 5.41) is 12.1. The van der Waals surface area contributed by atoms with Gasteiger partial charge in [-0.05, 0) is 24.8 Å². The first-order chi connectivity index (χ1) is 11.0. The van der Waals surface area contributed by atoms with Gasteiger partial charge in [-0.15, -0.1) is 0 Å². The second kappa shape index (κ2) is 5.87. The van der Waals surface area contributed by atoms with E-state index < -0.39 is 12.0 Å². The number of ether oxygens (including phenoxy) is 1. The van der Waals surface area contributed by atoms with Crippen LogP contribution in [0.25, 0.3) is 0 Å². The number of carbonyl (C=O) groups is 2. The second-order valence-electron chi connectivity index (χ2n) is 6.72. The Morgan fingerprint density at radius 2 is 2.17 bits per heavy atom. The minimum Gasteiger partial charge on any atom is -0.493 e. The highest BCUT2D eigenvalue weighted by Gasteiger charge is 2.61. The number of carboxylic acid groups (broad SMARTS) is 1. The van der Waals surface area contributed by atoms with Crippen LogP contribution >= 0.6 is 0 Å². The largest absolute Gasteiger partial charge is 0.493 e. The lowest BCUT2D eigenvalue weighted by atomic mass is 9.87. The Bertz CT molecular complexity index is 629. The molecule has 2 N–H and O–H groups in total. The fourth-order valence-corrected chi connectivity index (χ4v) is 3.64. The van der Waals surface area contributed by atoms with Crippen LogP contribution < -0.4 is 10.1 Å². The molecule has 1 heterocycles. The predicted molar refractivity (Wildman–Crippen MR) is 85.4 cm³/mol. The van der Waals surface area contributed by atoms with Crippen molar-refractivity contribution in [3.63, 3.8) is 0 Å². The first-order valence-corrected chi connectivity index (χ1v) is 8.25. The lowest BCUT2D eigenvalue weighted by Crippen LogP contribution is -2.46. The van der Waals surface area contributed by atoms with Gasteiger partial charge in [0, 0.05) is 16.9 Å². The molecule has 1 saturated carbocycles. The minimum absolute atomic E-state index is 0.0897. The Labute approximate surface area is 136 Å². The van der Waals surface area contributed by atoms with Crippen LogP contribution in [-0.2, 0) is 15.0 Å². The van der Waals surface area contributed by atoms with Gasteiger partial charge in [-0.1, -0.05) is 38.5 Å². The molecule has 3 rings (SSSR count). The van der Waals surface area contributed by atoms with Crippen LogP contribution in [-0.4, -0.2) is 29.6 Å². The minimum atomic E-state index is -0.963. The van der Waals surface area contributed by atoms with E-state index in [1.807, 2.05) is 38.1 Å². The summed E-state index contributed by atoms with van der Waals surface area (Å²) < 4.78 is 5.68. The smallest absolute Gasteiger partial charge is 0.326 e. The summed E-state index contributed by atoms with van der Waals surface area (Å²) in [7, 11) is 0. The maximum Gasteiger partial charge on any atom is 0.326 e. The zero-order chi connectivity index (χ0) is 16.6. The van der Waals surface area contributed by atoms with Crippen LogP contribution in [0.15, 0.2) is 24.3 Å². The zero-order valence-electron chi connectivity index (χ0n) is 13.5. The number of hydrogen-bond acceptors (Lipinski definition) is 3. The molecular weight excluding hydrogens is 294 g/mol. The van der Waals surface area contributed by atoms with E-state index in [2.05, 4.69) is 5.32 Å². The number of carbonyl (C=O) groups excluding carboxylic acids is 1. The van der Waals surface area contributed by atoms with E-state index in [4.69, 9.17) is 4.74 Å². The van der Waals surface area contributed by atoms with Gasteiger partial charge in [-0.3, -0.25) is 4.79 Å². The number of aliphatic carboxylic acids is 1. The first-order valence-electron chi connectivity index (χ1n) is 8.25. The average Bonchev–Trinajstić information content (AvgIpc) is 3.27. The van der Waals surface area contributed by atoms with E-state index in [1.54, 1.807) is 0 Å². The van der Waals surface area contributed by atoms with Crippen LogP contribution in [0.3, 0.4) is 0 Å². The summed E-state index contributed by atoms with van der Waals surface area (Å²) in [6, 6.07) is 7.02. The summed E-state index contributed by atoms with van der Waals surface area (Å²) in [4.78, 5) is 24.0. The van der Waals surface area contributed by atoms with Crippen molar-refractivity contribution in [2.24, 2.45) is 11.8 Å². The molecule has 4 atom stereocenters. The van der Waals surface area contributed by atoms with Crippen molar-refractivity contribution >= 4 is 11.9 Å². The van der Waals surface area contributed by atoms with Crippen LogP contribution in [0.1, 0.15) is 38.7 Å². The number of fused-ring (bicyclic) bond motifs is 2. The third kappa shape index (κ3) is 2.69. The van der Waals surface area contributed by atoms with E-state index in [0.717, 1.165) is 24.2 Å². The lowest BCUT2D eigenvalue weighted by Gasteiger charge is -2.27. The van der Waals surface area contributed by atoms with Gasteiger partial charge in [-0.2, -0.15) is 0 Å². The van der Waals surface area contributed by atoms with Crippen LogP contribution in [0.2, 0.25) is 0 Å². The quantitative estimate of drug-likeness (QED) is 0.874. The Kier molecular flexibility index (Phi) is 4.04.